The molecule has 1 aromatic heterocycles. The van der Waals surface area contributed by atoms with Crippen molar-refractivity contribution in [1.29, 1.82) is 0 Å². The highest BCUT2D eigenvalue weighted by Crippen LogP contribution is 2.23. The molecule has 6 nitrogen and oxygen atoms in total. The van der Waals surface area contributed by atoms with Gasteiger partial charge < -0.3 is 15.5 Å². The number of nitrogens with zero attached hydrogens (tertiary/aromatic N) is 3. The monoisotopic (exact) mass is 421 g/mol. The van der Waals surface area contributed by atoms with Crippen molar-refractivity contribution in [3.8, 4) is 11.3 Å². The van der Waals surface area contributed by atoms with Gasteiger partial charge >= 0.3 is 6.03 Å². The molecule has 30 heavy (non-hydrogen) atoms. The highest BCUT2D eigenvalue weighted by molar-refractivity contribution is 6.33. The number of carbonyl (C=O) groups is 1. The van der Waals surface area contributed by atoms with E-state index < -0.39 is 0 Å². The maximum Gasteiger partial charge on any atom is 0.323 e. The predicted molar refractivity (Wildman–Crippen MR) is 122 cm³/mol. The summed E-state index contributed by atoms with van der Waals surface area (Å²) in [6, 6.07) is 18.3. The predicted octanol–water partition coefficient (Wildman–Crippen LogP) is 5.82. The van der Waals surface area contributed by atoms with Crippen molar-refractivity contribution >= 4 is 34.8 Å². The zero-order valence-corrected chi connectivity index (χ0v) is 17.4. The van der Waals surface area contributed by atoms with Crippen LogP contribution in [0.4, 0.5) is 22.0 Å². The second-order valence-electron chi connectivity index (χ2n) is 7.31. The van der Waals surface area contributed by atoms with Crippen molar-refractivity contribution in [3.63, 3.8) is 0 Å². The van der Waals surface area contributed by atoms with Crippen LogP contribution < -0.4 is 15.5 Å². The van der Waals surface area contributed by atoms with E-state index in [1.807, 2.05) is 48.5 Å². The first kappa shape index (κ1) is 20.2. The molecule has 0 unspecified atom stereocenters. The Bertz CT molecular complexity index is 983. The Kier molecular flexibility index (Phi) is 6.44. The van der Waals surface area contributed by atoms with E-state index in [1.54, 1.807) is 12.1 Å². The number of para-hydroxylation sites is 1. The summed E-state index contributed by atoms with van der Waals surface area (Å²) in [6.45, 7) is 2.09. The maximum atomic E-state index is 12.2. The summed E-state index contributed by atoms with van der Waals surface area (Å²) in [5.74, 6) is 0.940. The molecule has 0 aliphatic carbocycles. The highest BCUT2D eigenvalue weighted by Gasteiger charge is 2.12. The van der Waals surface area contributed by atoms with E-state index in [2.05, 4.69) is 25.7 Å². The number of anilines is 3. The molecule has 0 radical (unpaired) electrons. The minimum absolute atomic E-state index is 0.350. The number of benzene rings is 2. The molecule has 3 aromatic rings. The van der Waals surface area contributed by atoms with E-state index >= 15 is 0 Å². The Balaban J connectivity index is 1.38. The third-order valence-electron chi connectivity index (χ3n) is 5.14. The van der Waals surface area contributed by atoms with Gasteiger partial charge in [0.05, 0.1) is 16.4 Å². The second kappa shape index (κ2) is 9.59. The molecule has 2 heterocycles. The van der Waals surface area contributed by atoms with Gasteiger partial charge in [0.15, 0.2) is 5.82 Å². The van der Waals surface area contributed by atoms with E-state index in [0.29, 0.717) is 16.4 Å². The SMILES string of the molecule is O=C(Nc1ccc(-c2ccc(N3CCCCCC3)nn2)cc1)Nc1ccccc1Cl. The Morgan fingerprint density at radius 2 is 1.57 bits per heavy atom. The van der Waals surface area contributed by atoms with E-state index in [0.717, 1.165) is 30.2 Å². The van der Waals surface area contributed by atoms with Crippen molar-refractivity contribution in [2.75, 3.05) is 28.6 Å². The zero-order valence-electron chi connectivity index (χ0n) is 16.6. The summed E-state index contributed by atoms with van der Waals surface area (Å²) in [6.07, 6.45) is 5.00. The number of amides is 2. The van der Waals surface area contributed by atoms with Crippen molar-refractivity contribution in [2.45, 2.75) is 25.7 Å². The van der Waals surface area contributed by atoms with Crippen LogP contribution in [-0.4, -0.2) is 29.3 Å². The molecule has 1 aliphatic heterocycles. The lowest BCUT2D eigenvalue weighted by Crippen LogP contribution is -2.25. The van der Waals surface area contributed by atoms with Crippen LogP contribution in [0.2, 0.25) is 5.02 Å². The fraction of sp³-hybridized carbons (Fsp3) is 0.261. The lowest BCUT2D eigenvalue weighted by atomic mass is 10.1. The number of hydrogen-bond donors (Lipinski definition) is 2. The molecular weight excluding hydrogens is 398 g/mol. The minimum atomic E-state index is -0.350. The van der Waals surface area contributed by atoms with Gasteiger partial charge in [-0.1, -0.05) is 48.7 Å². The Hall–Kier alpha value is -3.12. The topological polar surface area (TPSA) is 70.2 Å². The van der Waals surface area contributed by atoms with Gasteiger partial charge in [-0.25, -0.2) is 4.79 Å². The largest absolute Gasteiger partial charge is 0.355 e. The van der Waals surface area contributed by atoms with E-state index in [-0.39, 0.29) is 6.03 Å². The van der Waals surface area contributed by atoms with E-state index in [9.17, 15) is 4.79 Å². The molecule has 0 spiro atoms. The molecule has 2 amide bonds. The molecule has 7 heteroatoms. The van der Waals surface area contributed by atoms with Crippen molar-refractivity contribution < 1.29 is 4.79 Å². The van der Waals surface area contributed by atoms with Gasteiger partial charge in [0.25, 0.3) is 0 Å². The van der Waals surface area contributed by atoms with Gasteiger partial charge in [-0.15, -0.1) is 10.2 Å². The Labute approximate surface area is 181 Å². The molecule has 1 aliphatic rings. The molecule has 2 N–H and O–H groups in total. The molecule has 0 atom stereocenters. The van der Waals surface area contributed by atoms with Crippen molar-refractivity contribution in [3.05, 3.63) is 65.7 Å². The normalized spacial score (nSPS) is 14.1. The highest BCUT2D eigenvalue weighted by atomic mass is 35.5. The molecule has 0 bridgehead atoms. The number of halogens is 1. The zero-order chi connectivity index (χ0) is 20.8. The number of nitrogens with one attached hydrogen (secondary N) is 2. The van der Waals surface area contributed by atoms with Crippen LogP contribution in [-0.2, 0) is 0 Å². The van der Waals surface area contributed by atoms with Gasteiger partial charge in [-0.05, 0) is 49.2 Å². The summed E-state index contributed by atoms with van der Waals surface area (Å²) < 4.78 is 0. The van der Waals surface area contributed by atoms with Crippen LogP contribution in [0.1, 0.15) is 25.7 Å². The van der Waals surface area contributed by atoms with E-state index in [1.165, 1.54) is 25.7 Å². The number of hydrogen-bond acceptors (Lipinski definition) is 4. The smallest absolute Gasteiger partial charge is 0.323 e. The summed E-state index contributed by atoms with van der Waals surface area (Å²) in [5, 5.41) is 14.9. The van der Waals surface area contributed by atoms with Gasteiger partial charge in [-0.2, -0.15) is 0 Å². The molecule has 154 valence electrons. The van der Waals surface area contributed by atoms with Crippen LogP contribution in [0.25, 0.3) is 11.3 Å². The fourth-order valence-corrected chi connectivity index (χ4v) is 3.70. The average molecular weight is 422 g/mol. The first-order valence-electron chi connectivity index (χ1n) is 10.2. The summed E-state index contributed by atoms with van der Waals surface area (Å²) in [4.78, 5) is 14.5. The van der Waals surface area contributed by atoms with Gasteiger partial charge in [0.2, 0.25) is 0 Å². The van der Waals surface area contributed by atoms with Gasteiger partial charge in [0.1, 0.15) is 0 Å². The first-order valence-corrected chi connectivity index (χ1v) is 10.6. The lowest BCUT2D eigenvalue weighted by molar-refractivity contribution is 0.262. The number of rotatable bonds is 4. The molecule has 1 saturated heterocycles. The standard InChI is InChI=1S/C23H24ClN5O/c24-19-7-3-4-8-21(19)26-23(30)25-18-11-9-17(10-12-18)20-13-14-22(28-27-20)29-15-5-1-2-6-16-29/h3-4,7-14H,1-2,5-6,15-16H2,(H2,25,26,30). The lowest BCUT2D eigenvalue weighted by Gasteiger charge is -2.20. The maximum absolute atomic E-state index is 12.2. The molecule has 0 saturated carbocycles. The number of urea groups is 1. The van der Waals surface area contributed by atoms with Crippen molar-refractivity contribution in [1.82, 2.24) is 10.2 Å². The van der Waals surface area contributed by atoms with Crippen LogP contribution in [0.5, 0.6) is 0 Å². The number of carbonyl (C=O) groups excluding carboxylic acids is 1. The van der Waals surface area contributed by atoms with Crippen LogP contribution in [0, 0.1) is 0 Å². The van der Waals surface area contributed by atoms with Crippen LogP contribution in [0.3, 0.4) is 0 Å². The third kappa shape index (κ3) is 5.07. The van der Waals surface area contributed by atoms with E-state index in [4.69, 9.17) is 11.6 Å². The Morgan fingerprint density at radius 3 is 2.23 bits per heavy atom. The third-order valence-corrected chi connectivity index (χ3v) is 5.47. The van der Waals surface area contributed by atoms with Crippen LogP contribution >= 0.6 is 11.6 Å². The van der Waals surface area contributed by atoms with Gasteiger partial charge in [-0.3, -0.25) is 0 Å². The Morgan fingerprint density at radius 1 is 0.833 bits per heavy atom. The van der Waals surface area contributed by atoms with Crippen molar-refractivity contribution in [2.24, 2.45) is 0 Å². The molecule has 4 rings (SSSR count). The quantitative estimate of drug-likeness (QED) is 0.556. The average Bonchev–Trinajstić information content (AvgIpc) is 3.06. The van der Waals surface area contributed by atoms with Crippen LogP contribution in [0.15, 0.2) is 60.7 Å². The summed E-state index contributed by atoms with van der Waals surface area (Å²) in [5.41, 5.74) is 2.99. The fourth-order valence-electron chi connectivity index (χ4n) is 3.52. The first-order chi connectivity index (χ1) is 14.7. The summed E-state index contributed by atoms with van der Waals surface area (Å²) >= 11 is 6.07. The minimum Gasteiger partial charge on any atom is -0.355 e. The number of aromatic nitrogens is 2. The molecule has 2 aromatic carbocycles. The molecule has 1 fully saturated rings. The summed E-state index contributed by atoms with van der Waals surface area (Å²) in [7, 11) is 0. The van der Waals surface area contributed by atoms with Gasteiger partial charge in [0, 0.05) is 24.3 Å². The molecular formula is C23H24ClN5O. The second-order valence-corrected chi connectivity index (χ2v) is 7.72.